The molecule has 2 amide bonds. The summed E-state index contributed by atoms with van der Waals surface area (Å²) in [5.41, 5.74) is 2.79. The molecule has 0 aliphatic heterocycles. The summed E-state index contributed by atoms with van der Waals surface area (Å²) >= 11 is 3.07. The number of hydrogen-bond donors (Lipinski definition) is 2. The van der Waals surface area contributed by atoms with Crippen LogP contribution in [0.4, 0.5) is 0 Å². The van der Waals surface area contributed by atoms with Crippen molar-refractivity contribution < 1.29 is 23.8 Å². The molecule has 0 saturated carbocycles. The van der Waals surface area contributed by atoms with E-state index in [1.54, 1.807) is 29.4 Å². The van der Waals surface area contributed by atoms with Crippen LogP contribution in [0.3, 0.4) is 0 Å². The van der Waals surface area contributed by atoms with E-state index in [9.17, 15) is 9.59 Å². The predicted molar refractivity (Wildman–Crippen MR) is 114 cm³/mol. The highest BCUT2D eigenvalue weighted by molar-refractivity contribution is 7.98. The Labute approximate surface area is 178 Å². The van der Waals surface area contributed by atoms with E-state index in [1.807, 2.05) is 11.6 Å². The van der Waals surface area contributed by atoms with Gasteiger partial charge in [0, 0.05) is 10.9 Å². The van der Waals surface area contributed by atoms with Crippen LogP contribution in [0.15, 0.2) is 23.0 Å². The average Bonchev–Trinajstić information content (AvgIpc) is 3.27. The molecular weight excluding hydrogens is 414 g/mol. The monoisotopic (exact) mass is 439 g/mol. The van der Waals surface area contributed by atoms with Gasteiger partial charge in [-0.1, -0.05) is 0 Å². The molecular formula is C19H25N3O5S2. The highest BCUT2D eigenvalue weighted by Gasteiger charge is 2.23. The van der Waals surface area contributed by atoms with Gasteiger partial charge < -0.3 is 24.8 Å². The highest BCUT2D eigenvalue weighted by atomic mass is 32.2. The summed E-state index contributed by atoms with van der Waals surface area (Å²) < 4.78 is 15.9. The molecule has 1 heterocycles. The number of amides is 2. The van der Waals surface area contributed by atoms with Crippen LogP contribution in [-0.4, -0.2) is 56.2 Å². The molecule has 1 aromatic carbocycles. The zero-order chi connectivity index (χ0) is 21.2. The van der Waals surface area contributed by atoms with Crippen LogP contribution in [-0.2, 0) is 11.3 Å². The number of benzene rings is 1. The number of rotatable bonds is 11. The van der Waals surface area contributed by atoms with E-state index in [4.69, 9.17) is 14.2 Å². The van der Waals surface area contributed by atoms with Gasteiger partial charge in [0.05, 0.1) is 39.1 Å². The van der Waals surface area contributed by atoms with E-state index in [1.165, 1.54) is 32.7 Å². The topological polar surface area (TPSA) is 98.8 Å². The van der Waals surface area contributed by atoms with E-state index >= 15 is 0 Å². The summed E-state index contributed by atoms with van der Waals surface area (Å²) in [6.07, 6.45) is 2.45. The fourth-order valence-corrected chi connectivity index (χ4v) is 3.61. The Bertz CT molecular complexity index is 789. The Kier molecular flexibility index (Phi) is 9.07. The maximum atomic E-state index is 12.8. The second kappa shape index (κ2) is 11.5. The molecule has 0 fully saturated rings. The number of hydrogen-bond acceptors (Lipinski definition) is 8. The first-order chi connectivity index (χ1) is 14.0. The summed E-state index contributed by atoms with van der Waals surface area (Å²) in [7, 11) is 4.45. The van der Waals surface area contributed by atoms with Gasteiger partial charge in [-0.05, 0) is 30.6 Å². The molecule has 0 aliphatic rings. The third-order valence-electron chi connectivity index (χ3n) is 4.09. The summed E-state index contributed by atoms with van der Waals surface area (Å²) in [6, 6.07) is 2.43. The number of thioether (sulfide) groups is 1. The van der Waals surface area contributed by atoms with Gasteiger partial charge in [0.1, 0.15) is 6.04 Å². The fourth-order valence-electron chi connectivity index (χ4n) is 2.58. The smallest absolute Gasteiger partial charge is 0.252 e. The van der Waals surface area contributed by atoms with Crippen molar-refractivity contribution >= 4 is 34.9 Å². The van der Waals surface area contributed by atoms with Crippen molar-refractivity contribution in [2.75, 3.05) is 33.3 Å². The number of aromatic nitrogens is 1. The van der Waals surface area contributed by atoms with Gasteiger partial charge >= 0.3 is 0 Å². The van der Waals surface area contributed by atoms with E-state index in [0.717, 1.165) is 11.4 Å². The molecule has 29 heavy (non-hydrogen) atoms. The van der Waals surface area contributed by atoms with Crippen molar-refractivity contribution in [3.8, 4) is 17.2 Å². The minimum Gasteiger partial charge on any atom is -0.493 e. The number of carbonyl (C=O) groups is 2. The van der Waals surface area contributed by atoms with Crippen LogP contribution >= 0.6 is 23.1 Å². The molecule has 10 heteroatoms. The van der Waals surface area contributed by atoms with Gasteiger partial charge in [0.15, 0.2) is 11.5 Å². The molecule has 1 aromatic heterocycles. The third-order valence-corrected chi connectivity index (χ3v) is 5.37. The van der Waals surface area contributed by atoms with Crippen LogP contribution in [0.25, 0.3) is 0 Å². The molecule has 1 unspecified atom stereocenters. The lowest BCUT2D eigenvalue weighted by Crippen LogP contribution is -2.46. The van der Waals surface area contributed by atoms with Crippen molar-refractivity contribution in [1.29, 1.82) is 0 Å². The molecule has 0 bridgehead atoms. The summed E-state index contributed by atoms with van der Waals surface area (Å²) in [4.78, 5) is 29.6. The Morgan fingerprint density at radius 3 is 2.38 bits per heavy atom. The van der Waals surface area contributed by atoms with Crippen molar-refractivity contribution in [1.82, 2.24) is 15.6 Å². The number of thiazole rings is 1. The minimum absolute atomic E-state index is 0.257. The number of nitrogens with zero attached hydrogens (tertiary/aromatic N) is 1. The Morgan fingerprint density at radius 1 is 1.17 bits per heavy atom. The number of ether oxygens (including phenoxy) is 3. The van der Waals surface area contributed by atoms with Crippen molar-refractivity contribution in [3.05, 3.63) is 34.3 Å². The van der Waals surface area contributed by atoms with Gasteiger partial charge in [0.2, 0.25) is 11.7 Å². The highest BCUT2D eigenvalue weighted by Crippen LogP contribution is 2.38. The van der Waals surface area contributed by atoms with Gasteiger partial charge in [-0.3, -0.25) is 9.59 Å². The minimum atomic E-state index is -0.673. The second-order valence-corrected chi connectivity index (χ2v) is 7.62. The molecule has 8 nitrogen and oxygen atoms in total. The van der Waals surface area contributed by atoms with Gasteiger partial charge in [-0.15, -0.1) is 11.3 Å². The lowest BCUT2D eigenvalue weighted by atomic mass is 10.1. The fraction of sp³-hybridized carbons (Fsp3) is 0.421. The van der Waals surface area contributed by atoms with E-state index in [2.05, 4.69) is 15.6 Å². The molecule has 0 radical (unpaired) electrons. The summed E-state index contributed by atoms with van der Waals surface area (Å²) in [6.45, 7) is 0.318. The molecule has 0 spiro atoms. The zero-order valence-corrected chi connectivity index (χ0v) is 18.4. The molecule has 2 rings (SSSR count). The van der Waals surface area contributed by atoms with E-state index in [-0.39, 0.29) is 5.91 Å². The predicted octanol–water partition coefficient (Wildman–Crippen LogP) is 2.34. The molecule has 1 atom stereocenters. The van der Waals surface area contributed by atoms with Crippen molar-refractivity contribution in [2.45, 2.75) is 19.0 Å². The quantitative estimate of drug-likeness (QED) is 0.554. The SMILES string of the molecule is COc1cc(C(=O)NC(CCSC)C(=O)NCc2cscn2)cc(OC)c1OC. The molecule has 158 valence electrons. The standard InChI is InChI=1S/C19H25N3O5S2/c1-25-15-7-12(8-16(26-2)17(15)27-3)18(23)22-14(5-6-28-4)19(24)20-9-13-10-29-11-21-13/h7-8,10-11,14H,5-6,9H2,1-4H3,(H,20,24)(H,22,23). The maximum Gasteiger partial charge on any atom is 0.252 e. The Balaban J connectivity index is 2.15. The second-order valence-electron chi connectivity index (χ2n) is 5.92. The van der Waals surface area contributed by atoms with Crippen LogP contribution in [0.2, 0.25) is 0 Å². The normalized spacial score (nSPS) is 11.4. The van der Waals surface area contributed by atoms with Gasteiger partial charge in [-0.25, -0.2) is 4.98 Å². The third kappa shape index (κ3) is 6.26. The first-order valence-corrected chi connectivity index (χ1v) is 11.1. The van der Waals surface area contributed by atoms with Crippen molar-refractivity contribution in [2.24, 2.45) is 0 Å². The lowest BCUT2D eigenvalue weighted by Gasteiger charge is -2.19. The van der Waals surface area contributed by atoms with Crippen molar-refractivity contribution in [3.63, 3.8) is 0 Å². The number of nitrogens with one attached hydrogen (secondary N) is 2. The first-order valence-electron chi connectivity index (χ1n) is 8.78. The maximum absolute atomic E-state index is 12.8. The molecule has 0 saturated heterocycles. The van der Waals surface area contributed by atoms with Crippen LogP contribution < -0.4 is 24.8 Å². The molecule has 2 N–H and O–H groups in total. The lowest BCUT2D eigenvalue weighted by molar-refractivity contribution is -0.123. The van der Waals surface area contributed by atoms with Gasteiger partial charge in [-0.2, -0.15) is 11.8 Å². The van der Waals surface area contributed by atoms with Crippen LogP contribution in [0.5, 0.6) is 17.2 Å². The van der Waals surface area contributed by atoms with E-state index < -0.39 is 11.9 Å². The summed E-state index contributed by atoms with van der Waals surface area (Å²) in [5.74, 6) is 1.19. The van der Waals surface area contributed by atoms with Crippen LogP contribution in [0, 0.1) is 0 Å². The Hall–Kier alpha value is -2.46. The zero-order valence-electron chi connectivity index (χ0n) is 16.8. The number of carbonyl (C=O) groups excluding carboxylic acids is 2. The average molecular weight is 440 g/mol. The van der Waals surface area contributed by atoms with Gasteiger partial charge in [0.25, 0.3) is 5.91 Å². The molecule has 2 aromatic rings. The number of methoxy groups -OCH3 is 3. The van der Waals surface area contributed by atoms with Crippen LogP contribution in [0.1, 0.15) is 22.5 Å². The first kappa shape index (κ1) is 22.8. The Morgan fingerprint density at radius 2 is 1.86 bits per heavy atom. The molecule has 0 aliphatic carbocycles. The summed E-state index contributed by atoms with van der Waals surface area (Å²) in [5, 5.41) is 7.50. The largest absolute Gasteiger partial charge is 0.493 e. The van der Waals surface area contributed by atoms with E-state index in [0.29, 0.717) is 35.8 Å².